The van der Waals surface area contributed by atoms with E-state index in [-0.39, 0.29) is 17.3 Å². The Morgan fingerprint density at radius 1 is 1.00 bits per heavy atom. The second-order valence-electron chi connectivity index (χ2n) is 14.1. The molecule has 0 aliphatic heterocycles. The van der Waals surface area contributed by atoms with Crippen LogP contribution in [0.4, 0.5) is 0 Å². The highest BCUT2D eigenvalue weighted by Gasteiger charge is 2.70. The number of esters is 1. The predicted octanol–water partition coefficient (Wildman–Crippen LogP) is 6.27. The lowest BCUT2D eigenvalue weighted by molar-refractivity contribution is -0.226. The molecule has 2 N–H and O–H groups in total. The molecule has 5 heteroatoms. The van der Waals surface area contributed by atoms with Crippen molar-refractivity contribution >= 4 is 11.9 Å². The van der Waals surface area contributed by atoms with Gasteiger partial charge in [-0.05, 0) is 91.3 Å². The third kappa shape index (κ3) is 4.43. The Morgan fingerprint density at radius 2 is 1.72 bits per heavy atom. The van der Waals surface area contributed by atoms with Crippen molar-refractivity contribution in [1.82, 2.24) is 5.32 Å². The van der Waals surface area contributed by atoms with Gasteiger partial charge in [-0.15, -0.1) is 0 Å². The number of ether oxygens (including phenoxy) is 1. The SMILES string of the molecule is CC(=O)N[C@]12[C@@H](O)CCC[C@]1(C)C1CC[C@@]3(C)C(CCC3[C@H](C)CCCC(C)C)C1C[C@H]2OC(C)=O. The summed E-state index contributed by atoms with van der Waals surface area (Å²) in [4.78, 5) is 24.9. The number of carbonyl (C=O) groups excluding carboxylic acids is 2. The molecule has 4 fully saturated rings. The molecule has 4 rings (SSSR count). The summed E-state index contributed by atoms with van der Waals surface area (Å²) >= 11 is 0. The fourth-order valence-corrected chi connectivity index (χ4v) is 10.4. The van der Waals surface area contributed by atoms with Crippen LogP contribution in [0.25, 0.3) is 0 Å². The molecular formula is C31H53NO4. The van der Waals surface area contributed by atoms with Gasteiger partial charge in [-0.3, -0.25) is 9.59 Å². The van der Waals surface area contributed by atoms with Crippen LogP contribution in [0, 0.1) is 46.3 Å². The van der Waals surface area contributed by atoms with Crippen LogP contribution in [-0.4, -0.2) is 34.7 Å². The lowest BCUT2D eigenvalue weighted by Crippen LogP contribution is -2.78. The van der Waals surface area contributed by atoms with Crippen molar-refractivity contribution in [1.29, 1.82) is 0 Å². The molecule has 5 nitrogen and oxygen atoms in total. The van der Waals surface area contributed by atoms with Crippen LogP contribution in [0.2, 0.25) is 0 Å². The van der Waals surface area contributed by atoms with Crippen molar-refractivity contribution in [2.45, 2.75) is 137 Å². The smallest absolute Gasteiger partial charge is 0.302 e. The van der Waals surface area contributed by atoms with Gasteiger partial charge in [0.2, 0.25) is 5.91 Å². The normalized spacial score (nSPS) is 44.8. The Labute approximate surface area is 219 Å². The standard InChI is InChI=1S/C31H53NO4/c1-19(2)10-8-11-20(3)24-13-14-25-23-18-28(36-22(5)34)31(32-21(4)33)27(35)12-9-16-30(31,7)26(23)15-17-29(24,25)6/h19-20,23-28,35H,8-18H2,1-7H3,(H,32,33)/t20-,23?,24?,25?,26?,27+,28-,29-,30-,31+/m1/s1. The Kier molecular flexibility index (Phi) is 7.93. The summed E-state index contributed by atoms with van der Waals surface area (Å²) in [6, 6.07) is 0. The zero-order valence-corrected chi connectivity index (χ0v) is 24.1. The van der Waals surface area contributed by atoms with Crippen LogP contribution in [-0.2, 0) is 14.3 Å². The van der Waals surface area contributed by atoms with Gasteiger partial charge in [0.25, 0.3) is 0 Å². The van der Waals surface area contributed by atoms with E-state index in [1.54, 1.807) is 0 Å². The lowest BCUT2D eigenvalue weighted by atomic mass is 9.41. The number of rotatable bonds is 7. The third-order valence-corrected chi connectivity index (χ3v) is 11.8. The minimum atomic E-state index is -0.903. The van der Waals surface area contributed by atoms with Crippen molar-refractivity contribution in [2.75, 3.05) is 0 Å². The topological polar surface area (TPSA) is 75.6 Å². The van der Waals surface area contributed by atoms with E-state index < -0.39 is 17.7 Å². The quantitative estimate of drug-likeness (QED) is 0.402. The summed E-state index contributed by atoms with van der Waals surface area (Å²) in [7, 11) is 0. The monoisotopic (exact) mass is 503 g/mol. The van der Waals surface area contributed by atoms with Gasteiger partial charge < -0.3 is 15.2 Å². The van der Waals surface area contributed by atoms with Gasteiger partial charge in [0, 0.05) is 13.8 Å². The van der Waals surface area contributed by atoms with Gasteiger partial charge in [-0.1, -0.05) is 60.3 Å². The first kappa shape index (κ1) is 27.9. The van der Waals surface area contributed by atoms with E-state index in [0.29, 0.717) is 29.6 Å². The molecule has 0 spiro atoms. The Balaban J connectivity index is 1.66. The molecule has 1 amide bonds. The highest BCUT2D eigenvalue weighted by molar-refractivity contribution is 5.74. The van der Waals surface area contributed by atoms with E-state index in [2.05, 4.69) is 39.9 Å². The molecule has 0 aromatic heterocycles. The second-order valence-corrected chi connectivity index (χ2v) is 14.1. The third-order valence-electron chi connectivity index (χ3n) is 11.8. The van der Waals surface area contributed by atoms with E-state index in [4.69, 9.17) is 4.74 Å². The summed E-state index contributed by atoms with van der Waals surface area (Å²) in [6.07, 6.45) is 11.0. The van der Waals surface area contributed by atoms with Crippen molar-refractivity contribution in [3.8, 4) is 0 Å². The zero-order chi connectivity index (χ0) is 26.5. The molecule has 0 aromatic carbocycles. The zero-order valence-electron chi connectivity index (χ0n) is 24.1. The van der Waals surface area contributed by atoms with Gasteiger partial charge in [0.05, 0.1) is 6.10 Å². The molecule has 206 valence electrons. The average Bonchev–Trinajstić information content (AvgIpc) is 3.12. The number of fused-ring (bicyclic) bond motifs is 5. The molecule has 0 saturated heterocycles. The highest BCUT2D eigenvalue weighted by atomic mass is 16.5. The van der Waals surface area contributed by atoms with Gasteiger partial charge >= 0.3 is 5.97 Å². The van der Waals surface area contributed by atoms with E-state index in [9.17, 15) is 14.7 Å². The van der Waals surface area contributed by atoms with Crippen LogP contribution < -0.4 is 5.32 Å². The van der Waals surface area contributed by atoms with E-state index in [1.807, 2.05) is 0 Å². The minimum absolute atomic E-state index is 0.144. The van der Waals surface area contributed by atoms with Crippen LogP contribution in [0.1, 0.15) is 119 Å². The average molecular weight is 504 g/mol. The van der Waals surface area contributed by atoms with Crippen molar-refractivity contribution in [2.24, 2.45) is 46.3 Å². The summed E-state index contributed by atoms with van der Waals surface area (Å²) in [5, 5.41) is 14.7. The number of aliphatic hydroxyl groups is 1. The maximum Gasteiger partial charge on any atom is 0.302 e. The molecule has 0 radical (unpaired) electrons. The fourth-order valence-electron chi connectivity index (χ4n) is 10.4. The molecule has 0 bridgehead atoms. The van der Waals surface area contributed by atoms with Crippen LogP contribution in [0.3, 0.4) is 0 Å². The molecule has 0 aromatic rings. The van der Waals surface area contributed by atoms with Crippen molar-refractivity contribution < 1.29 is 19.4 Å². The summed E-state index contributed by atoms with van der Waals surface area (Å²) in [5.41, 5.74) is -0.863. The Bertz CT molecular complexity index is 827. The summed E-state index contributed by atoms with van der Waals surface area (Å²) < 4.78 is 6.07. The van der Waals surface area contributed by atoms with Crippen LogP contribution in [0.15, 0.2) is 0 Å². The number of aliphatic hydroxyl groups excluding tert-OH is 1. The summed E-state index contributed by atoms with van der Waals surface area (Å²) in [6.45, 7) is 15.0. The number of hydrogen-bond donors (Lipinski definition) is 2. The molecule has 4 unspecified atom stereocenters. The van der Waals surface area contributed by atoms with Crippen LogP contribution in [0.5, 0.6) is 0 Å². The van der Waals surface area contributed by atoms with Gasteiger partial charge in [-0.25, -0.2) is 0 Å². The van der Waals surface area contributed by atoms with E-state index in [1.165, 1.54) is 52.4 Å². The maximum atomic E-state index is 12.6. The minimum Gasteiger partial charge on any atom is -0.460 e. The maximum absolute atomic E-state index is 12.6. The fraction of sp³-hybridized carbons (Fsp3) is 0.935. The number of amides is 1. The summed E-state index contributed by atoms with van der Waals surface area (Å²) in [5.74, 6) is 3.34. The van der Waals surface area contributed by atoms with Gasteiger partial charge in [-0.2, -0.15) is 0 Å². The van der Waals surface area contributed by atoms with Crippen molar-refractivity contribution in [3.05, 3.63) is 0 Å². The molecule has 4 saturated carbocycles. The van der Waals surface area contributed by atoms with E-state index >= 15 is 0 Å². The molecule has 10 atom stereocenters. The molecule has 0 heterocycles. The van der Waals surface area contributed by atoms with Gasteiger partial charge in [0.1, 0.15) is 11.6 Å². The first-order valence-electron chi connectivity index (χ1n) is 15.0. The Morgan fingerprint density at radius 3 is 2.36 bits per heavy atom. The second kappa shape index (κ2) is 10.2. The lowest BCUT2D eigenvalue weighted by Gasteiger charge is -2.68. The molecule has 4 aliphatic rings. The van der Waals surface area contributed by atoms with E-state index in [0.717, 1.165) is 43.4 Å². The number of nitrogens with one attached hydrogen (secondary N) is 1. The molecule has 4 aliphatic carbocycles. The largest absolute Gasteiger partial charge is 0.460 e. The van der Waals surface area contributed by atoms with Crippen LogP contribution >= 0.6 is 0 Å². The van der Waals surface area contributed by atoms with Gasteiger partial charge in [0.15, 0.2) is 0 Å². The predicted molar refractivity (Wildman–Crippen MR) is 143 cm³/mol. The molecular weight excluding hydrogens is 450 g/mol. The first-order chi connectivity index (χ1) is 16.9. The first-order valence-corrected chi connectivity index (χ1v) is 15.0. The van der Waals surface area contributed by atoms with Crippen molar-refractivity contribution in [3.63, 3.8) is 0 Å². The number of hydrogen-bond acceptors (Lipinski definition) is 4. The Hall–Kier alpha value is -1.10. The highest BCUT2D eigenvalue weighted by Crippen LogP contribution is 2.69. The number of carbonyl (C=O) groups is 2. The molecule has 36 heavy (non-hydrogen) atoms.